The number of amides is 1. The molecule has 0 bridgehead atoms. The Kier molecular flexibility index (Phi) is 6.24. The van der Waals surface area contributed by atoms with Gasteiger partial charge in [0.25, 0.3) is 5.91 Å². The van der Waals surface area contributed by atoms with E-state index in [1.165, 1.54) is 18.3 Å². The summed E-state index contributed by atoms with van der Waals surface area (Å²) in [4.78, 5) is 16.7. The molecule has 0 fully saturated rings. The largest absolute Gasteiger partial charge is 0.487 e. The van der Waals surface area contributed by atoms with E-state index in [4.69, 9.17) is 16.3 Å². The summed E-state index contributed by atoms with van der Waals surface area (Å²) in [5.74, 6) is -0.106. The number of carbonyl (C=O) groups is 1. The molecule has 31 heavy (non-hydrogen) atoms. The van der Waals surface area contributed by atoms with E-state index in [9.17, 15) is 9.18 Å². The Morgan fingerprint density at radius 3 is 2.81 bits per heavy atom. The fraction of sp³-hybridized carbons (Fsp3) is 0.0870. The van der Waals surface area contributed by atoms with Crippen molar-refractivity contribution in [3.8, 4) is 5.75 Å². The fourth-order valence-corrected chi connectivity index (χ4v) is 3.13. The number of para-hydroxylation sites is 1. The van der Waals surface area contributed by atoms with Crippen molar-refractivity contribution in [1.82, 2.24) is 14.8 Å². The summed E-state index contributed by atoms with van der Waals surface area (Å²) in [7, 11) is 0. The van der Waals surface area contributed by atoms with Crippen molar-refractivity contribution in [1.29, 1.82) is 0 Å². The number of nitrogens with one attached hydrogen (secondary N) is 1. The first-order valence-corrected chi connectivity index (χ1v) is 9.85. The zero-order valence-corrected chi connectivity index (χ0v) is 17.1. The van der Waals surface area contributed by atoms with E-state index in [0.717, 1.165) is 11.1 Å². The molecular weight excluding hydrogens is 419 g/mol. The molecule has 156 valence electrons. The molecule has 0 atom stereocenters. The van der Waals surface area contributed by atoms with Crippen LogP contribution in [0.4, 0.5) is 10.1 Å². The SMILES string of the molecule is O=C(Nc1cnn(Cc2cccc(F)c2)c1)c1cc(COc2ccccc2Cl)ccn1. The third-order valence-corrected chi connectivity index (χ3v) is 4.72. The molecule has 8 heteroatoms. The van der Waals surface area contributed by atoms with Crippen LogP contribution in [0.25, 0.3) is 0 Å². The summed E-state index contributed by atoms with van der Waals surface area (Å²) in [6.45, 7) is 0.638. The lowest BCUT2D eigenvalue weighted by Crippen LogP contribution is -2.14. The number of anilines is 1. The predicted molar refractivity (Wildman–Crippen MR) is 116 cm³/mol. The highest BCUT2D eigenvalue weighted by Gasteiger charge is 2.11. The summed E-state index contributed by atoms with van der Waals surface area (Å²) in [5, 5.41) is 7.49. The molecule has 1 amide bonds. The average molecular weight is 437 g/mol. The van der Waals surface area contributed by atoms with E-state index in [2.05, 4.69) is 15.4 Å². The van der Waals surface area contributed by atoms with Crippen LogP contribution < -0.4 is 10.1 Å². The number of hydrogen-bond donors (Lipinski definition) is 1. The number of rotatable bonds is 7. The maximum absolute atomic E-state index is 13.3. The Morgan fingerprint density at radius 2 is 1.97 bits per heavy atom. The van der Waals surface area contributed by atoms with Crippen LogP contribution in [0.5, 0.6) is 5.75 Å². The number of nitrogens with zero attached hydrogens (tertiary/aromatic N) is 3. The first-order valence-electron chi connectivity index (χ1n) is 9.47. The minimum Gasteiger partial charge on any atom is -0.487 e. The minimum atomic E-state index is -0.370. The lowest BCUT2D eigenvalue weighted by atomic mass is 10.2. The van der Waals surface area contributed by atoms with Crippen LogP contribution in [0, 0.1) is 5.82 Å². The van der Waals surface area contributed by atoms with Crippen molar-refractivity contribution in [2.75, 3.05) is 5.32 Å². The molecule has 0 aliphatic heterocycles. The third-order valence-electron chi connectivity index (χ3n) is 4.41. The lowest BCUT2D eigenvalue weighted by Gasteiger charge is -2.09. The number of carbonyl (C=O) groups excluding carboxylic acids is 1. The molecule has 2 aromatic heterocycles. The molecule has 4 aromatic rings. The van der Waals surface area contributed by atoms with Crippen LogP contribution in [0.3, 0.4) is 0 Å². The van der Waals surface area contributed by atoms with E-state index >= 15 is 0 Å². The van der Waals surface area contributed by atoms with Crippen LogP contribution in [0.1, 0.15) is 21.6 Å². The molecular formula is C23H18ClFN4O2. The van der Waals surface area contributed by atoms with Gasteiger partial charge in [-0.3, -0.25) is 14.5 Å². The molecule has 1 N–H and O–H groups in total. The van der Waals surface area contributed by atoms with Gasteiger partial charge in [0.05, 0.1) is 23.5 Å². The quantitative estimate of drug-likeness (QED) is 0.445. The number of halogens is 2. The number of benzene rings is 2. The molecule has 0 saturated heterocycles. The van der Waals surface area contributed by atoms with Crippen molar-refractivity contribution < 1.29 is 13.9 Å². The highest BCUT2D eigenvalue weighted by molar-refractivity contribution is 6.32. The van der Waals surface area contributed by atoms with E-state index in [0.29, 0.717) is 23.0 Å². The molecule has 0 saturated carbocycles. The topological polar surface area (TPSA) is 69.0 Å². The van der Waals surface area contributed by atoms with Gasteiger partial charge in [-0.1, -0.05) is 35.9 Å². The van der Waals surface area contributed by atoms with Crippen molar-refractivity contribution in [2.24, 2.45) is 0 Å². The first kappa shape index (κ1) is 20.6. The van der Waals surface area contributed by atoms with Gasteiger partial charge in [-0.2, -0.15) is 5.10 Å². The second kappa shape index (κ2) is 9.40. The molecule has 0 unspecified atom stereocenters. The summed E-state index contributed by atoms with van der Waals surface area (Å²) >= 11 is 6.10. The maximum Gasteiger partial charge on any atom is 0.274 e. The molecule has 0 radical (unpaired) electrons. The number of aromatic nitrogens is 3. The van der Waals surface area contributed by atoms with Gasteiger partial charge in [0, 0.05) is 12.4 Å². The van der Waals surface area contributed by atoms with Gasteiger partial charge in [0.1, 0.15) is 23.9 Å². The zero-order chi connectivity index (χ0) is 21.6. The summed E-state index contributed by atoms with van der Waals surface area (Å²) in [5.41, 5.74) is 2.31. The zero-order valence-electron chi connectivity index (χ0n) is 16.3. The summed E-state index contributed by atoms with van der Waals surface area (Å²) < 4.78 is 20.7. The Hall–Kier alpha value is -3.71. The van der Waals surface area contributed by atoms with Crippen molar-refractivity contribution in [3.05, 3.63) is 107 Å². The van der Waals surface area contributed by atoms with Crippen molar-refractivity contribution in [2.45, 2.75) is 13.2 Å². The Bertz CT molecular complexity index is 1210. The van der Waals surface area contributed by atoms with Gasteiger partial charge in [-0.25, -0.2) is 4.39 Å². The van der Waals surface area contributed by atoms with Crippen LogP contribution in [-0.2, 0) is 13.2 Å². The second-order valence-corrected chi connectivity index (χ2v) is 7.19. The standard InChI is InChI=1S/C23H18ClFN4O2/c24-20-6-1-2-7-22(20)31-15-17-8-9-26-21(11-17)23(30)28-19-12-27-29(14-19)13-16-4-3-5-18(25)10-16/h1-12,14H,13,15H2,(H,28,30). The molecule has 2 heterocycles. The van der Waals surface area contributed by atoms with Gasteiger partial charge in [0.15, 0.2) is 0 Å². The fourth-order valence-electron chi connectivity index (χ4n) is 2.94. The molecule has 0 aliphatic rings. The Morgan fingerprint density at radius 1 is 1.10 bits per heavy atom. The monoisotopic (exact) mass is 436 g/mol. The van der Waals surface area contributed by atoms with Crippen molar-refractivity contribution in [3.63, 3.8) is 0 Å². The van der Waals surface area contributed by atoms with Gasteiger partial charge in [-0.15, -0.1) is 0 Å². The number of hydrogen-bond acceptors (Lipinski definition) is 4. The molecule has 0 aliphatic carbocycles. The Labute approximate surface area is 183 Å². The molecule has 2 aromatic carbocycles. The maximum atomic E-state index is 13.3. The van der Waals surface area contributed by atoms with E-state index in [1.807, 2.05) is 18.2 Å². The molecule has 4 rings (SSSR count). The van der Waals surface area contributed by atoms with Gasteiger partial charge in [-0.05, 0) is 47.5 Å². The van der Waals surface area contributed by atoms with Crippen molar-refractivity contribution >= 4 is 23.2 Å². The number of pyridine rings is 1. The summed E-state index contributed by atoms with van der Waals surface area (Å²) in [6.07, 6.45) is 4.75. The predicted octanol–water partition coefficient (Wildman–Crippen LogP) is 4.95. The summed E-state index contributed by atoms with van der Waals surface area (Å²) in [6, 6.07) is 16.9. The smallest absolute Gasteiger partial charge is 0.274 e. The second-order valence-electron chi connectivity index (χ2n) is 6.78. The normalized spacial score (nSPS) is 10.6. The third kappa shape index (κ3) is 5.46. The molecule has 0 spiro atoms. The molecule has 6 nitrogen and oxygen atoms in total. The highest BCUT2D eigenvalue weighted by atomic mass is 35.5. The van der Waals surface area contributed by atoms with Crippen LogP contribution in [-0.4, -0.2) is 20.7 Å². The highest BCUT2D eigenvalue weighted by Crippen LogP contribution is 2.24. The van der Waals surface area contributed by atoms with E-state index in [1.54, 1.807) is 47.4 Å². The minimum absolute atomic E-state index is 0.248. The van der Waals surface area contributed by atoms with E-state index in [-0.39, 0.29) is 24.0 Å². The van der Waals surface area contributed by atoms with Crippen LogP contribution in [0.15, 0.2) is 79.3 Å². The van der Waals surface area contributed by atoms with E-state index < -0.39 is 0 Å². The first-order chi connectivity index (χ1) is 15.1. The van der Waals surface area contributed by atoms with Crippen LogP contribution in [0.2, 0.25) is 5.02 Å². The average Bonchev–Trinajstić information content (AvgIpc) is 3.20. The van der Waals surface area contributed by atoms with Crippen LogP contribution >= 0.6 is 11.6 Å². The van der Waals surface area contributed by atoms with Gasteiger partial charge < -0.3 is 10.1 Å². The van der Waals surface area contributed by atoms with Gasteiger partial charge in [0.2, 0.25) is 0 Å². The number of ether oxygens (including phenoxy) is 1. The Balaban J connectivity index is 1.38. The van der Waals surface area contributed by atoms with Gasteiger partial charge >= 0.3 is 0 Å². The lowest BCUT2D eigenvalue weighted by molar-refractivity contribution is 0.102.